The van der Waals surface area contributed by atoms with Crippen molar-refractivity contribution in [3.8, 4) is 0 Å². The fraction of sp³-hybridized carbons (Fsp3) is 0.667. The average molecular weight is 292 g/mol. The predicted molar refractivity (Wildman–Crippen MR) is 74.9 cm³/mol. The Morgan fingerprint density at radius 3 is 2.74 bits per heavy atom. The van der Waals surface area contributed by atoms with E-state index in [4.69, 9.17) is 9.26 Å². The fourth-order valence-corrected chi connectivity index (χ4v) is 1.60. The number of hydrogen-bond acceptors (Lipinski definition) is 5. The van der Waals surface area contributed by atoms with E-state index in [0.29, 0.717) is 43.1 Å². The molecule has 0 unspecified atom stereocenters. The van der Waals surface area contributed by atoms with Gasteiger partial charge in [0.05, 0.1) is 12.3 Å². The van der Waals surface area contributed by atoms with Gasteiger partial charge in [0.15, 0.2) is 0 Å². The molecule has 1 heterocycles. The summed E-state index contributed by atoms with van der Waals surface area (Å²) in [5, 5.41) is 9.84. The topological polar surface area (TPSA) is 76.4 Å². The second kappa shape index (κ2) is 9.77. The van der Waals surface area contributed by atoms with Gasteiger partial charge in [-0.25, -0.2) is 0 Å². The third kappa shape index (κ3) is 5.59. The number of rotatable bonds is 8. The molecule has 0 bridgehead atoms. The van der Waals surface area contributed by atoms with Crippen molar-refractivity contribution in [2.75, 3.05) is 33.4 Å². The van der Waals surface area contributed by atoms with Crippen molar-refractivity contribution in [3.05, 3.63) is 17.0 Å². The van der Waals surface area contributed by atoms with E-state index in [-0.39, 0.29) is 18.3 Å². The fourth-order valence-electron chi connectivity index (χ4n) is 1.60. The van der Waals surface area contributed by atoms with Crippen LogP contribution in [0, 0.1) is 6.92 Å². The molecule has 0 saturated carbocycles. The van der Waals surface area contributed by atoms with E-state index in [1.54, 1.807) is 14.0 Å². The Labute approximate surface area is 119 Å². The first kappa shape index (κ1) is 17.9. The van der Waals surface area contributed by atoms with E-state index >= 15 is 0 Å². The van der Waals surface area contributed by atoms with Gasteiger partial charge in [-0.3, -0.25) is 4.79 Å². The molecule has 2 N–H and O–H groups in total. The van der Waals surface area contributed by atoms with Crippen molar-refractivity contribution in [2.45, 2.75) is 20.3 Å². The van der Waals surface area contributed by atoms with Crippen molar-refractivity contribution in [1.29, 1.82) is 0 Å². The maximum absolute atomic E-state index is 11.9. The van der Waals surface area contributed by atoms with Gasteiger partial charge >= 0.3 is 0 Å². The van der Waals surface area contributed by atoms with E-state index in [9.17, 15) is 4.79 Å². The molecule has 0 atom stereocenters. The summed E-state index contributed by atoms with van der Waals surface area (Å²) in [7, 11) is 1.66. The van der Waals surface area contributed by atoms with E-state index < -0.39 is 0 Å². The largest absolute Gasteiger partial charge is 0.383 e. The lowest BCUT2D eigenvalue weighted by Gasteiger charge is -2.06. The molecule has 0 aromatic carbocycles. The number of halogens is 1. The minimum absolute atomic E-state index is 0. The minimum atomic E-state index is -0.126. The van der Waals surface area contributed by atoms with Gasteiger partial charge in [0.2, 0.25) is 0 Å². The van der Waals surface area contributed by atoms with Gasteiger partial charge in [0.25, 0.3) is 5.91 Å². The van der Waals surface area contributed by atoms with Crippen molar-refractivity contribution in [1.82, 2.24) is 15.8 Å². The highest BCUT2D eigenvalue weighted by Gasteiger charge is 2.18. The Hall–Kier alpha value is -1.11. The maximum Gasteiger partial charge on any atom is 0.256 e. The maximum atomic E-state index is 11.9. The van der Waals surface area contributed by atoms with Crippen LogP contribution in [0.4, 0.5) is 0 Å². The van der Waals surface area contributed by atoms with Crippen LogP contribution in [-0.4, -0.2) is 44.4 Å². The van der Waals surface area contributed by atoms with Gasteiger partial charge in [-0.05, 0) is 13.3 Å². The summed E-state index contributed by atoms with van der Waals surface area (Å²) in [6.07, 6.45) is 0.687. The van der Waals surface area contributed by atoms with Gasteiger partial charge in [-0.15, -0.1) is 12.4 Å². The van der Waals surface area contributed by atoms with Crippen LogP contribution in [0.1, 0.15) is 28.7 Å². The van der Waals surface area contributed by atoms with Crippen molar-refractivity contribution < 1.29 is 14.1 Å². The van der Waals surface area contributed by atoms with Gasteiger partial charge in [0, 0.05) is 26.7 Å². The van der Waals surface area contributed by atoms with Crippen molar-refractivity contribution >= 4 is 18.3 Å². The highest BCUT2D eigenvalue weighted by molar-refractivity contribution is 5.96. The number of hydrogen-bond donors (Lipinski definition) is 2. The van der Waals surface area contributed by atoms with Crippen LogP contribution < -0.4 is 10.6 Å². The summed E-state index contributed by atoms with van der Waals surface area (Å²) in [5.41, 5.74) is 1.27. The zero-order valence-electron chi connectivity index (χ0n) is 11.6. The molecule has 0 aliphatic heterocycles. The first-order valence-electron chi connectivity index (χ1n) is 6.13. The Balaban J connectivity index is 0.00000324. The van der Waals surface area contributed by atoms with E-state index in [1.165, 1.54) is 0 Å². The SMILES string of the molecule is CCc1noc(C)c1C(=O)NCCNCCOC.Cl. The minimum Gasteiger partial charge on any atom is -0.383 e. The van der Waals surface area contributed by atoms with Crippen LogP contribution in [0.3, 0.4) is 0 Å². The molecule has 110 valence electrons. The first-order valence-corrected chi connectivity index (χ1v) is 6.13. The van der Waals surface area contributed by atoms with Gasteiger partial charge < -0.3 is 19.9 Å². The van der Waals surface area contributed by atoms with Crippen LogP contribution in [0.2, 0.25) is 0 Å². The standard InChI is InChI=1S/C12H21N3O3.ClH/c1-4-10-11(9(2)18-15-10)12(16)14-6-5-13-7-8-17-3;/h13H,4-8H2,1-3H3,(H,14,16);1H. The lowest BCUT2D eigenvalue weighted by atomic mass is 10.1. The molecular formula is C12H22ClN3O3. The number of aryl methyl sites for hydroxylation is 2. The van der Waals surface area contributed by atoms with Crippen LogP contribution in [-0.2, 0) is 11.2 Å². The lowest BCUT2D eigenvalue weighted by Crippen LogP contribution is -2.33. The number of nitrogens with one attached hydrogen (secondary N) is 2. The summed E-state index contributed by atoms with van der Waals surface area (Å²) >= 11 is 0. The molecule has 1 amide bonds. The zero-order valence-corrected chi connectivity index (χ0v) is 12.4. The molecular weight excluding hydrogens is 270 g/mol. The molecule has 1 aromatic rings. The van der Waals surface area contributed by atoms with Crippen LogP contribution in [0.25, 0.3) is 0 Å². The number of amides is 1. The Morgan fingerprint density at radius 1 is 1.37 bits per heavy atom. The molecule has 0 saturated heterocycles. The van der Waals surface area contributed by atoms with Crippen LogP contribution >= 0.6 is 12.4 Å². The number of nitrogens with zero attached hydrogens (tertiary/aromatic N) is 1. The molecule has 0 radical (unpaired) electrons. The second-order valence-corrected chi connectivity index (χ2v) is 3.91. The molecule has 19 heavy (non-hydrogen) atoms. The molecule has 0 spiro atoms. The Morgan fingerprint density at radius 2 is 2.11 bits per heavy atom. The first-order chi connectivity index (χ1) is 8.70. The number of aromatic nitrogens is 1. The van der Waals surface area contributed by atoms with Crippen molar-refractivity contribution in [3.63, 3.8) is 0 Å². The molecule has 0 aliphatic rings. The zero-order chi connectivity index (χ0) is 13.4. The smallest absolute Gasteiger partial charge is 0.256 e. The third-order valence-electron chi connectivity index (χ3n) is 2.57. The number of carbonyl (C=O) groups is 1. The quantitative estimate of drug-likeness (QED) is 0.697. The lowest BCUT2D eigenvalue weighted by molar-refractivity contribution is 0.0951. The summed E-state index contributed by atoms with van der Waals surface area (Å²) < 4.78 is 9.93. The van der Waals surface area contributed by atoms with E-state index in [0.717, 1.165) is 6.54 Å². The summed E-state index contributed by atoms with van der Waals surface area (Å²) in [4.78, 5) is 11.9. The highest BCUT2D eigenvalue weighted by Crippen LogP contribution is 2.13. The highest BCUT2D eigenvalue weighted by atomic mass is 35.5. The van der Waals surface area contributed by atoms with Crippen molar-refractivity contribution in [2.24, 2.45) is 0 Å². The third-order valence-corrected chi connectivity index (χ3v) is 2.57. The van der Waals surface area contributed by atoms with Crippen LogP contribution in [0.15, 0.2) is 4.52 Å². The molecule has 1 aromatic heterocycles. The molecule has 6 nitrogen and oxygen atoms in total. The Kier molecular flexibility index (Phi) is 9.20. The molecule has 0 aliphatic carbocycles. The summed E-state index contributed by atoms with van der Waals surface area (Å²) in [5.74, 6) is 0.441. The molecule has 7 heteroatoms. The Bertz CT molecular complexity index is 382. The number of ether oxygens (including phenoxy) is 1. The summed E-state index contributed by atoms with van der Waals surface area (Å²) in [6.45, 7) is 6.41. The second-order valence-electron chi connectivity index (χ2n) is 3.91. The van der Waals surface area contributed by atoms with Crippen LogP contribution in [0.5, 0.6) is 0 Å². The predicted octanol–water partition coefficient (Wildman–Crippen LogP) is 0.933. The van der Waals surface area contributed by atoms with Gasteiger partial charge in [0.1, 0.15) is 11.3 Å². The van der Waals surface area contributed by atoms with E-state index in [2.05, 4.69) is 15.8 Å². The summed E-state index contributed by atoms with van der Waals surface area (Å²) in [6, 6.07) is 0. The molecule has 0 fully saturated rings. The normalized spacial score (nSPS) is 10.1. The van der Waals surface area contributed by atoms with Gasteiger partial charge in [-0.2, -0.15) is 0 Å². The monoisotopic (exact) mass is 291 g/mol. The average Bonchev–Trinajstić information content (AvgIpc) is 2.74. The van der Waals surface area contributed by atoms with Gasteiger partial charge in [-0.1, -0.05) is 12.1 Å². The number of methoxy groups -OCH3 is 1. The molecule has 1 rings (SSSR count). The number of carbonyl (C=O) groups excluding carboxylic acids is 1. The van der Waals surface area contributed by atoms with E-state index in [1.807, 2.05) is 6.92 Å².